The van der Waals surface area contributed by atoms with Crippen molar-refractivity contribution in [3.8, 4) is 0 Å². The highest BCUT2D eigenvalue weighted by Gasteiger charge is 2.37. The van der Waals surface area contributed by atoms with Gasteiger partial charge in [-0.2, -0.15) is 13.2 Å². The van der Waals surface area contributed by atoms with E-state index >= 15 is 0 Å². The number of likely N-dealkylation sites (tertiary alicyclic amines) is 1. The molecule has 1 fully saturated rings. The molecule has 2 unspecified atom stereocenters. The van der Waals surface area contributed by atoms with E-state index in [4.69, 9.17) is 26.2 Å². The summed E-state index contributed by atoms with van der Waals surface area (Å²) in [6, 6.07) is 4.98. The molecule has 2 aliphatic rings. The summed E-state index contributed by atoms with van der Waals surface area (Å²) in [5.74, 6) is -0.382. The van der Waals surface area contributed by atoms with Gasteiger partial charge < -0.3 is 14.3 Å². The van der Waals surface area contributed by atoms with Crippen LogP contribution in [0.2, 0.25) is 5.02 Å². The molecule has 2 aliphatic heterocycles. The molecule has 1 N–H and O–H groups in total. The van der Waals surface area contributed by atoms with E-state index in [1.807, 2.05) is 5.38 Å². The number of nitrogens with one attached hydrogen (secondary N) is 1. The van der Waals surface area contributed by atoms with Crippen LogP contribution in [0.3, 0.4) is 0 Å². The fraction of sp³-hybridized carbons (Fsp3) is 0.444. The highest BCUT2D eigenvalue weighted by molar-refractivity contribution is 7.93. The number of oxime groups is 1. The van der Waals surface area contributed by atoms with Gasteiger partial charge in [0, 0.05) is 59.0 Å². The molecule has 2 aromatic heterocycles. The van der Waals surface area contributed by atoms with Crippen LogP contribution in [0.15, 0.2) is 50.8 Å². The van der Waals surface area contributed by atoms with Gasteiger partial charge in [0.25, 0.3) is 5.56 Å². The first-order chi connectivity index (χ1) is 20.3. The molecule has 0 radical (unpaired) electrons. The molecule has 10 nitrogen and oxygen atoms in total. The number of thiazole rings is 1. The Balaban J connectivity index is 1.21. The van der Waals surface area contributed by atoms with Crippen molar-refractivity contribution in [3.05, 3.63) is 73.3 Å². The average Bonchev–Trinajstić information content (AvgIpc) is 3.64. The number of hydrogen-bond acceptors (Lipinski definition) is 9. The molecule has 0 aliphatic carbocycles. The predicted molar refractivity (Wildman–Crippen MR) is 155 cm³/mol. The molecule has 230 valence electrons. The first kappa shape index (κ1) is 31.1. The van der Waals surface area contributed by atoms with Crippen LogP contribution in [0.25, 0.3) is 0 Å². The molecule has 0 saturated carbocycles. The lowest BCUT2D eigenvalue weighted by Gasteiger charge is -2.31. The van der Waals surface area contributed by atoms with E-state index < -0.39 is 51.0 Å². The summed E-state index contributed by atoms with van der Waals surface area (Å²) in [6.07, 6.45) is -2.05. The van der Waals surface area contributed by atoms with Crippen LogP contribution in [-0.2, 0) is 32.1 Å². The summed E-state index contributed by atoms with van der Waals surface area (Å²) in [6.45, 7) is 3.69. The fourth-order valence-corrected chi connectivity index (χ4v) is 7.74. The maximum absolute atomic E-state index is 13.2. The van der Waals surface area contributed by atoms with E-state index in [1.54, 1.807) is 32.0 Å². The van der Waals surface area contributed by atoms with Crippen molar-refractivity contribution < 1.29 is 27.0 Å². The third-order valence-corrected chi connectivity index (χ3v) is 11.2. The highest BCUT2D eigenvalue weighted by atomic mass is 35.5. The van der Waals surface area contributed by atoms with E-state index in [-0.39, 0.29) is 5.92 Å². The summed E-state index contributed by atoms with van der Waals surface area (Å²) in [5.41, 5.74) is -1.17. The molecule has 1 saturated heterocycles. The number of halogens is 4. The summed E-state index contributed by atoms with van der Waals surface area (Å²) >= 11 is 7.95. The zero-order valence-electron chi connectivity index (χ0n) is 23.1. The average molecular weight is 657 g/mol. The first-order valence-corrected chi connectivity index (χ1v) is 16.3. The Bertz CT molecular complexity index is 1730. The fourth-order valence-electron chi connectivity index (χ4n) is 5.03. The molecule has 2 atom stereocenters. The van der Waals surface area contributed by atoms with Gasteiger partial charge in [-0.3, -0.25) is 9.59 Å². The van der Waals surface area contributed by atoms with Gasteiger partial charge in [0.15, 0.2) is 6.10 Å². The minimum Gasteiger partial charge on any atom is -0.387 e. The Morgan fingerprint density at radius 1 is 1.28 bits per heavy atom. The van der Waals surface area contributed by atoms with E-state index in [0.29, 0.717) is 59.2 Å². The second kappa shape index (κ2) is 12.0. The van der Waals surface area contributed by atoms with Gasteiger partial charge in [0.05, 0.1) is 25.3 Å². The number of alkyl halides is 3. The highest BCUT2D eigenvalue weighted by Crippen LogP contribution is 2.40. The normalized spacial score (nSPS) is 19.3. The molecule has 4 heterocycles. The standard InChI is InChI=1S/C27H28ClF3N6O4S2/c1-15(2)43(32,40)21-5-3-4-17(28)23(21)20-12-18(35-41-20)19-14-42-25(34-19)16-6-9-36(10-7-16)22(38)13-37-11-8-33-24(26(37)39)27(29,30)31/h3-5,8,11,14-16,20,32H,6-7,9-10,12-13H2,1-2H3. The van der Waals surface area contributed by atoms with Crippen molar-refractivity contribution in [2.45, 2.75) is 68.0 Å². The smallest absolute Gasteiger partial charge is 0.387 e. The number of amides is 1. The lowest BCUT2D eigenvalue weighted by molar-refractivity contribution is -0.143. The zero-order chi connectivity index (χ0) is 31.1. The van der Waals surface area contributed by atoms with Crippen LogP contribution in [0.1, 0.15) is 67.1 Å². The monoisotopic (exact) mass is 656 g/mol. The maximum atomic E-state index is 13.2. The minimum atomic E-state index is -4.90. The number of benzene rings is 1. The third kappa shape index (κ3) is 6.34. The van der Waals surface area contributed by atoms with Crippen molar-refractivity contribution in [3.63, 3.8) is 0 Å². The van der Waals surface area contributed by atoms with Crippen molar-refractivity contribution >= 4 is 44.3 Å². The Labute approximate surface area is 254 Å². The van der Waals surface area contributed by atoms with E-state index in [0.717, 1.165) is 22.0 Å². The van der Waals surface area contributed by atoms with Crippen molar-refractivity contribution in [1.29, 1.82) is 4.78 Å². The van der Waals surface area contributed by atoms with Crippen LogP contribution in [0.4, 0.5) is 13.2 Å². The molecular weight excluding hydrogens is 629 g/mol. The lowest BCUT2D eigenvalue weighted by atomic mass is 9.97. The Hall–Kier alpha value is -3.30. The summed E-state index contributed by atoms with van der Waals surface area (Å²) in [5, 5.41) is 6.90. The Morgan fingerprint density at radius 3 is 2.67 bits per heavy atom. The topological polar surface area (TPSA) is 131 Å². The number of hydrogen-bond donors (Lipinski definition) is 1. The first-order valence-electron chi connectivity index (χ1n) is 13.4. The van der Waals surface area contributed by atoms with E-state index in [1.165, 1.54) is 16.2 Å². The van der Waals surface area contributed by atoms with Crippen LogP contribution in [0, 0.1) is 4.78 Å². The Morgan fingerprint density at radius 2 is 2.00 bits per heavy atom. The van der Waals surface area contributed by atoms with Crippen molar-refractivity contribution in [1.82, 2.24) is 19.4 Å². The maximum Gasteiger partial charge on any atom is 0.438 e. The van der Waals surface area contributed by atoms with Crippen molar-refractivity contribution in [2.24, 2.45) is 5.16 Å². The van der Waals surface area contributed by atoms with Gasteiger partial charge in [-0.25, -0.2) is 19.0 Å². The van der Waals surface area contributed by atoms with Gasteiger partial charge in [-0.15, -0.1) is 11.3 Å². The van der Waals surface area contributed by atoms with Gasteiger partial charge in [-0.05, 0) is 38.8 Å². The molecule has 43 heavy (non-hydrogen) atoms. The molecule has 5 rings (SSSR count). The van der Waals surface area contributed by atoms with Crippen LogP contribution < -0.4 is 5.56 Å². The van der Waals surface area contributed by atoms with Gasteiger partial charge in [-0.1, -0.05) is 22.8 Å². The number of piperidine rings is 1. The van der Waals surface area contributed by atoms with Crippen molar-refractivity contribution in [2.75, 3.05) is 13.1 Å². The quantitative estimate of drug-likeness (QED) is 0.360. The number of carbonyl (C=O) groups excluding carboxylic acids is 1. The number of nitrogens with zero attached hydrogens (tertiary/aromatic N) is 5. The lowest BCUT2D eigenvalue weighted by Crippen LogP contribution is -2.42. The molecule has 16 heteroatoms. The molecule has 1 aromatic carbocycles. The number of aromatic nitrogens is 3. The van der Waals surface area contributed by atoms with Crippen LogP contribution in [0.5, 0.6) is 0 Å². The van der Waals surface area contributed by atoms with E-state index in [9.17, 15) is 27.0 Å². The molecule has 3 aromatic rings. The number of carbonyl (C=O) groups is 1. The van der Waals surface area contributed by atoms with Crippen LogP contribution in [-0.4, -0.2) is 53.6 Å². The minimum absolute atomic E-state index is 0.0659. The Kier molecular flexibility index (Phi) is 8.69. The second-order valence-corrected chi connectivity index (χ2v) is 14.5. The summed E-state index contributed by atoms with van der Waals surface area (Å²) < 4.78 is 61.4. The zero-order valence-corrected chi connectivity index (χ0v) is 25.5. The van der Waals surface area contributed by atoms with Gasteiger partial charge >= 0.3 is 6.18 Å². The molecule has 0 spiro atoms. The molecule has 1 amide bonds. The SMILES string of the molecule is CC(C)S(=N)(=O)c1cccc(Cl)c1C1CC(c2csc(C3CCN(C(=O)Cn4ccnc(C(F)(F)F)c4=O)CC3)n2)=NO1. The summed E-state index contributed by atoms with van der Waals surface area (Å²) in [7, 11) is -3.12. The second-order valence-electron chi connectivity index (χ2n) is 10.6. The number of rotatable bonds is 7. The van der Waals surface area contributed by atoms with Gasteiger partial charge in [0.2, 0.25) is 11.6 Å². The van der Waals surface area contributed by atoms with Gasteiger partial charge in [0.1, 0.15) is 12.3 Å². The third-order valence-electron chi connectivity index (χ3n) is 7.50. The molecule has 0 bridgehead atoms. The largest absolute Gasteiger partial charge is 0.438 e. The van der Waals surface area contributed by atoms with Crippen LogP contribution >= 0.6 is 22.9 Å². The predicted octanol–water partition coefficient (Wildman–Crippen LogP) is 5.46. The summed E-state index contributed by atoms with van der Waals surface area (Å²) in [4.78, 5) is 40.4. The van der Waals surface area contributed by atoms with E-state index in [2.05, 4.69) is 10.1 Å². The molecular formula is C27H28ClF3N6O4S2.